The summed E-state index contributed by atoms with van der Waals surface area (Å²) in [5.74, 6) is 1.40. The number of rotatable bonds is 5. The minimum atomic E-state index is 0.0195. The molecule has 4 rings (SSSR count). The summed E-state index contributed by atoms with van der Waals surface area (Å²) in [6.45, 7) is 4.04. The van der Waals surface area contributed by atoms with Gasteiger partial charge in [-0.3, -0.25) is 9.89 Å². The number of hydrogen-bond acceptors (Lipinski definition) is 5. The fraction of sp³-hybridized carbons (Fsp3) is 0.524. The lowest BCUT2D eigenvalue weighted by molar-refractivity contribution is 0.0639. The molecule has 0 saturated carbocycles. The Hall–Kier alpha value is -2.54. The standard InChI is InChI=1S/C21H28N4O3/c1-27-16-5-6-17(20(13-16)28-2)18-14-19(23-22-18)21(26)25-11-7-15(8-12-25)24-9-3-4-10-24/h5-6,13-15H,3-4,7-12H2,1-2H3,(H,22,23). The van der Waals surface area contributed by atoms with E-state index in [-0.39, 0.29) is 5.91 Å². The maximum absolute atomic E-state index is 12.9. The molecule has 0 radical (unpaired) electrons. The Morgan fingerprint density at radius 3 is 2.50 bits per heavy atom. The molecule has 0 bridgehead atoms. The van der Waals surface area contributed by atoms with Crippen molar-refractivity contribution in [1.29, 1.82) is 0 Å². The molecule has 2 aromatic rings. The monoisotopic (exact) mass is 384 g/mol. The van der Waals surface area contributed by atoms with E-state index in [0.29, 0.717) is 28.9 Å². The maximum Gasteiger partial charge on any atom is 0.271 e. The van der Waals surface area contributed by atoms with Gasteiger partial charge < -0.3 is 19.3 Å². The molecular weight excluding hydrogens is 356 g/mol. The van der Waals surface area contributed by atoms with Crippen LogP contribution < -0.4 is 9.47 Å². The van der Waals surface area contributed by atoms with E-state index in [1.165, 1.54) is 25.9 Å². The Bertz CT molecular complexity index is 821. The number of ether oxygens (including phenoxy) is 2. The molecule has 1 amide bonds. The van der Waals surface area contributed by atoms with E-state index in [4.69, 9.17) is 9.47 Å². The molecule has 1 aromatic heterocycles. The predicted molar refractivity (Wildman–Crippen MR) is 107 cm³/mol. The molecule has 1 aromatic carbocycles. The number of piperidine rings is 1. The van der Waals surface area contributed by atoms with Crippen molar-refractivity contribution in [2.24, 2.45) is 0 Å². The molecule has 28 heavy (non-hydrogen) atoms. The number of carbonyl (C=O) groups excluding carboxylic acids is 1. The fourth-order valence-electron chi connectivity index (χ4n) is 4.29. The number of likely N-dealkylation sites (tertiary alicyclic amines) is 2. The van der Waals surface area contributed by atoms with Crippen molar-refractivity contribution in [1.82, 2.24) is 20.0 Å². The average molecular weight is 384 g/mol. The van der Waals surface area contributed by atoms with E-state index in [1.54, 1.807) is 20.3 Å². The van der Waals surface area contributed by atoms with Crippen LogP contribution in [0.5, 0.6) is 11.5 Å². The van der Waals surface area contributed by atoms with E-state index in [2.05, 4.69) is 15.1 Å². The van der Waals surface area contributed by atoms with Crippen molar-refractivity contribution >= 4 is 5.91 Å². The van der Waals surface area contributed by atoms with Crippen molar-refractivity contribution in [3.63, 3.8) is 0 Å². The van der Waals surface area contributed by atoms with Gasteiger partial charge in [0.2, 0.25) is 0 Å². The Balaban J connectivity index is 1.44. The van der Waals surface area contributed by atoms with Crippen LogP contribution in [0.3, 0.4) is 0 Å². The quantitative estimate of drug-likeness (QED) is 0.858. The molecule has 2 saturated heterocycles. The minimum Gasteiger partial charge on any atom is -0.497 e. The molecule has 0 spiro atoms. The molecule has 150 valence electrons. The normalized spacial score (nSPS) is 18.4. The van der Waals surface area contributed by atoms with E-state index in [9.17, 15) is 4.79 Å². The first-order valence-corrected chi connectivity index (χ1v) is 10.0. The van der Waals surface area contributed by atoms with E-state index < -0.39 is 0 Å². The van der Waals surface area contributed by atoms with Gasteiger partial charge in [-0.05, 0) is 57.0 Å². The number of nitrogens with one attached hydrogen (secondary N) is 1. The highest BCUT2D eigenvalue weighted by atomic mass is 16.5. The summed E-state index contributed by atoms with van der Waals surface area (Å²) in [6.07, 6.45) is 4.73. The minimum absolute atomic E-state index is 0.0195. The Morgan fingerprint density at radius 1 is 1.07 bits per heavy atom. The van der Waals surface area contributed by atoms with Gasteiger partial charge >= 0.3 is 0 Å². The van der Waals surface area contributed by atoms with Crippen molar-refractivity contribution < 1.29 is 14.3 Å². The third-order valence-corrected chi connectivity index (χ3v) is 5.90. The lowest BCUT2D eigenvalue weighted by Gasteiger charge is -2.36. The van der Waals surface area contributed by atoms with E-state index >= 15 is 0 Å². The van der Waals surface area contributed by atoms with Crippen LogP contribution in [0.15, 0.2) is 24.3 Å². The third kappa shape index (κ3) is 3.71. The number of carbonyl (C=O) groups is 1. The van der Waals surface area contributed by atoms with Crippen LogP contribution in [0.4, 0.5) is 0 Å². The van der Waals surface area contributed by atoms with Gasteiger partial charge in [0, 0.05) is 30.8 Å². The summed E-state index contributed by atoms with van der Waals surface area (Å²) in [5, 5.41) is 7.25. The molecule has 2 aliphatic rings. The zero-order valence-corrected chi connectivity index (χ0v) is 16.6. The van der Waals surface area contributed by atoms with Gasteiger partial charge in [0.1, 0.15) is 17.2 Å². The molecule has 0 atom stereocenters. The number of methoxy groups -OCH3 is 2. The highest BCUT2D eigenvalue weighted by Gasteiger charge is 2.29. The van der Waals surface area contributed by atoms with Crippen LogP contribution in [0, 0.1) is 0 Å². The zero-order valence-electron chi connectivity index (χ0n) is 16.6. The number of hydrogen-bond donors (Lipinski definition) is 1. The van der Waals surface area contributed by atoms with Crippen molar-refractivity contribution in [3.05, 3.63) is 30.0 Å². The van der Waals surface area contributed by atoms with Crippen LogP contribution in [0.1, 0.15) is 36.2 Å². The summed E-state index contributed by atoms with van der Waals surface area (Å²) >= 11 is 0. The molecule has 7 heteroatoms. The molecule has 0 unspecified atom stereocenters. The number of H-pyrrole nitrogens is 1. The largest absolute Gasteiger partial charge is 0.497 e. The van der Waals surface area contributed by atoms with Crippen molar-refractivity contribution in [2.75, 3.05) is 40.4 Å². The molecule has 1 N–H and O–H groups in total. The summed E-state index contributed by atoms with van der Waals surface area (Å²) in [7, 11) is 3.23. The summed E-state index contributed by atoms with van der Waals surface area (Å²) in [4.78, 5) is 17.4. The van der Waals surface area contributed by atoms with Gasteiger partial charge in [-0.2, -0.15) is 5.10 Å². The lowest BCUT2D eigenvalue weighted by atomic mass is 10.0. The first-order valence-electron chi connectivity index (χ1n) is 10.0. The molecular formula is C21H28N4O3. The van der Waals surface area contributed by atoms with Gasteiger partial charge in [-0.1, -0.05) is 0 Å². The van der Waals surface area contributed by atoms with Crippen LogP contribution in [0.2, 0.25) is 0 Å². The number of benzene rings is 1. The summed E-state index contributed by atoms with van der Waals surface area (Å²) < 4.78 is 10.7. The van der Waals surface area contributed by atoms with Gasteiger partial charge in [0.25, 0.3) is 5.91 Å². The van der Waals surface area contributed by atoms with Crippen LogP contribution in [-0.4, -0.2) is 72.3 Å². The first kappa shape index (κ1) is 18.8. The number of nitrogens with zero attached hydrogens (tertiary/aromatic N) is 3. The van der Waals surface area contributed by atoms with Crippen molar-refractivity contribution in [2.45, 2.75) is 31.7 Å². The topological polar surface area (TPSA) is 70.7 Å². The summed E-state index contributed by atoms with van der Waals surface area (Å²) in [6, 6.07) is 8.00. The molecule has 3 heterocycles. The molecule has 7 nitrogen and oxygen atoms in total. The second-order valence-electron chi connectivity index (χ2n) is 7.50. The van der Waals surface area contributed by atoms with Gasteiger partial charge in [-0.25, -0.2) is 0 Å². The number of aromatic amines is 1. The number of amides is 1. The second-order valence-corrected chi connectivity index (χ2v) is 7.50. The maximum atomic E-state index is 12.9. The van der Waals surface area contributed by atoms with E-state index in [1.807, 2.05) is 23.1 Å². The zero-order chi connectivity index (χ0) is 19.5. The van der Waals surface area contributed by atoms with Crippen LogP contribution in [0.25, 0.3) is 11.3 Å². The lowest BCUT2D eigenvalue weighted by Crippen LogP contribution is -2.46. The second kappa shape index (κ2) is 8.22. The Morgan fingerprint density at radius 2 is 1.82 bits per heavy atom. The molecule has 2 aliphatic heterocycles. The SMILES string of the molecule is COc1ccc(-c2cc(C(=O)N3CCC(N4CCCC4)CC3)[nH]n2)c(OC)c1. The highest BCUT2D eigenvalue weighted by molar-refractivity contribution is 5.93. The smallest absolute Gasteiger partial charge is 0.271 e. The van der Waals surface area contributed by atoms with Crippen LogP contribution in [-0.2, 0) is 0 Å². The molecule has 2 fully saturated rings. The highest BCUT2D eigenvalue weighted by Crippen LogP contribution is 2.32. The van der Waals surface area contributed by atoms with E-state index in [0.717, 1.165) is 31.5 Å². The first-order chi connectivity index (χ1) is 13.7. The van der Waals surface area contributed by atoms with Crippen LogP contribution >= 0.6 is 0 Å². The average Bonchev–Trinajstić information content (AvgIpc) is 3.45. The van der Waals surface area contributed by atoms with Gasteiger partial charge in [-0.15, -0.1) is 0 Å². The number of aromatic nitrogens is 2. The Kier molecular flexibility index (Phi) is 5.52. The fourth-order valence-corrected chi connectivity index (χ4v) is 4.29. The van der Waals surface area contributed by atoms with Gasteiger partial charge in [0.15, 0.2) is 0 Å². The van der Waals surface area contributed by atoms with Gasteiger partial charge in [0.05, 0.1) is 19.9 Å². The van der Waals surface area contributed by atoms with Crippen molar-refractivity contribution in [3.8, 4) is 22.8 Å². The Labute approximate surface area is 165 Å². The third-order valence-electron chi connectivity index (χ3n) is 5.90. The predicted octanol–water partition coefficient (Wildman–Crippen LogP) is 2.79. The molecule has 0 aliphatic carbocycles. The summed E-state index contributed by atoms with van der Waals surface area (Å²) in [5.41, 5.74) is 2.04.